The number of likely N-dealkylation sites (tertiary alicyclic amines) is 1. The van der Waals surface area contributed by atoms with Crippen LogP contribution in [0.3, 0.4) is 0 Å². The highest BCUT2D eigenvalue weighted by atomic mass is 16.6. The summed E-state index contributed by atoms with van der Waals surface area (Å²) < 4.78 is 10.1. The van der Waals surface area contributed by atoms with E-state index in [-0.39, 0.29) is 17.9 Å². The fourth-order valence-electron chi connectivity index (χ4n) is 2.17. The smallest absolute Gasteiger partial charge is 0.411 e. The predicted octanol–water partition coefficient (Wildman–Crippen LogP) is 2.19. The summed E-state index contributed by atoms with van der Waals surface area (Å²) in [6.45, 7) is 9.37. The third kappa shape index (κ3) is 3.15. The Kier molecular flexibility index (Phi) is 4.24. The monoisotopic (exact) mass is 257 g/mol. The zero-order valence-corrected chi connectivity index (χ0v) is 12.0. The lowest BCUT2D eigenvalue weighted by molar-refractivity contribution is -0.146. The Morgan fingerprint density at radius 2 is 1.78 bits per heavy atom. The maximum Gasteiger partial charge on any atom is 0.411 e. The summed E-state index contributed by atoms with van der Waals surface area (Å²) in [7, 11) is 1.34. The fourth-order valence-corrected chi connectivity index (χ4v) is 2.17. The first-order chi connectivity index (χ1) is 8.17. The zero-order valence-electron chi connectivity index (χ0n) is 12.0. The molecule has 1 aliphatic rings. The summed E-state index contributed by atoms with van der Waals surface area (Å²) in [5.74, 6) is -0.126. The first-order valence-electron chi connectivity index (χ1n) is 6.26. The second kappa shape index (κ2) is 5.16. The highest BCUT2D eigenvalue weighted by molar-refractivity contribution is 5.82. The van der Waals surface area contributed by atoms with Gasteiger partial charge in [-0.2, -0.15) is 0 Å². The molecule has 3 atom stereocenters. The Labute approximate surface area is 108 Å². The molecule has 0 aromatic carbocycles. The number of ether oxygens (including phenoxy) is 2. The molecule has 0 spiro atoms. The highest BCUT2D eigenvalue weighted by Gasteiger charge is 2.45. The van der Waals surface area contributed by atoms with Crippen LogP contribution in [-0.4, -0.2) is 41.8 Å². The molecule has 0 bridgehead atoms. The Balaban J connectivity index is 2.88. The summed E-state index contributed by atoms with van der Waals surface area (Å²) in [4.78, 5) is 25.4. The van der Waals surface area contributed by atoms with E-state index in [0.29, 0.717) is 6.42 Å². The first-order valence-corrected chi connectivity index (χ1v) is 6.26. The molecular weight excluding hydrogens is 234 g/mol. The number of nitrogens with zero attached hydrogens (tertiary/aromatic N) is 1. The van der Waals surface area contributed by atoms with E-state index < -0.39 is 17.7 Å². The summed E-state index contributed by atoms with van der Waals surface area (Å²) >= 11 is 0. The SMILES string of the molecule is COC(=O)[C@@H]1C[C@H](C)[C@H](C)N1C(=O)OC(C)(C)C. The van der Waals surface area contributed by atoms with Gasteiger partial charge in [-0.05, 0) is 40.0 Å². The average Bonchev–Trinajstić information content (AvgIpc) is 2.52. The molecule has 5 nitrogen and oxygen atoms in total. The van der Waals surface area contributed by atoms with Crippen molar-refractivity contribution in [2.75, 3.05) is 7.11 Å². The van der Waals surface area contributed by atoms with Crippen molar-refractivity contribution in [2.24, 2.45) is 5.92 Å². The molecule has 0 aromatic heterocycles. The van der Waals surface area contributed by atoms with Crippen molar-refractivity contribution in [1.29, 1.82) is 0 Å². The molecule has 0 radical (unpaired) electrons. The van der Waals surface area contributed by atoms with Gasteiger partial charge in [-0.1, -0.05) is 6.92 Å². The Morgan fingerprint density at radius 1 is 1.22 bits per heavy atom. The minimum absolute atomic E-state index is 0.0241. The maximum atomic E-state index is 12.1. The number of amides is 1. The van der Waals surface area contributed by atoms with Crippen molar-refractivity contribution in [1.82, 2.24) is 4.90 Å². The molecule has 1 saturated heterocycles. The second-order valence-electron chi connectivity index (χ2n) is 5.88. The lowest BCUT2D eigenvalue weighted by Gasteiger charge is -2.30. The molecule has 5 heteroatoms. The van der Waals surface area contributed by atoms with Crippen LogP contribution in [0.25, 0.3) is 0 Å². The van der Waals surface area contributed by atoms with Crippen molar-refractivity contribution in [3.05, 3.63) is 0 Å². The summed E-state index contributed by atoms with van der Waals surface area (Å²) in [6, 6.07) is -0.557. The molecule has 0 unspecified atom stereocenters. The molecule has 0 N–H and O–H groups in total. The van der Waals surface area contributed by atoms with Gasteiger partial charge in [0.05, 0.1) is 7.11 Å². The maximum absolute atomic E-state index is 12.1. The summed E-state index contributed by atoms with van der Waals surface area (Å²) in [5, 5.41) is 0. The Morgan fingerprint density at radius 3 is 2.22 bits per heavy atom. The van der Waals surface area contributed by atoms with Gasteiger partial charge in [0.1, 0.15) is 11.6 Å². The number of hydrogen-bond donors (Lipinski definition) is 0. The minimum Gasteiger partial charge on any atom is -0.467 e. The molecule has 0 saturated carbocycles. The van der Waals surface area contributed by atoms with Crippen molar-refractivity contribution < 1.29 is 19.1 Å². The summed E-state index contributed by atoms with van der Waals surface area (Å²) in [5.41, 5.74) is -0.566. The number of esters is 1. The zero-order chi connectivity index (χ0) is 14.1. The van der Waals surface area contributed by atoms with Crippen LogP contribution < -0.4 is 0 Å². The van der Waals surface area contributed by atoms with E-state index in [1.807, 2.05) is 34.6 Å². The van der Waals surface area contributed by atoms with Crippen LogP contribution in [0.1, 0.15) is 41.0 Å². The molecular formula is C13H23NO4. The molecule has 1 heterocycles. The van der Waals surface area contributed by atoms with Crippen molar-refractivity contribution >= 4 is 12.1 Å². The summed E-state index contributed by atoms with van der Waals surface area (Å²) in [6.07, 6.45) is 0.169. The van der Waals surface area contributed by atoms with E-state index in [9.17, 15) is 9.59 Å². The standard InChI is InChI=1S/C13H23NO4/c1-8-7-10(11(15)17-6)14(9(8)2)12(16)18-13(3,4)5/h8-10H,7H2,1-6H3/t8-,9-,10-/m0/s1. The minimum atomic E-state index is -0.566. The Hall–Kier alpha value is -1.26. The van der Waals surface area contributed by atoms with Crippen LogP contribution in [0.15, 0.2) is 0 Å². The van der Waals surface area contributed by atoms with Gasteiger partial charge < -0.3 is 9.47 Å². The molecule has 1 amide bonds. The van der Waals surface area contributed by atoms with E-state index in [1.54, 1.807) is 0 Å². The molecule has 1 aliphatic heterocycles. The quantitative estimate of drug-likeness (QED) is 0.676. The van der Waals surface area contributed by atoms with Crippen molar-refractivity contribution in [3.8, 4) is 0 Å². The molecule has 104 valence electrons. The number of rotatable bonds is 1. The number of carbonyl (C=O) groups excluding carboxylic acids is 2. The van der Waals surface area contributed by atoms with Gasteiger partial charge >= 0.3 is 12.1 Å². The fraction of sp³-hybridized carbons (Fsp3) is 0.846. The predicted molar refractivity (Wildman–Crippen MR) is 67.1 cm³/mol. The topological polar surface area (TPSA) is 55.8 Å². The molecule has 0 aliphatic carbocycles. The van der Waals surface area contributed by atoms with Crippen molar-refractivity contribution in [3.63, 3.8) is 0 Å². The lowest BCUT2D eigenvalue weighted by Crippen LogP contribution is -2.47. The van der Waals surface area contributed by atoms with E-state index in [0.717, 1.165) is 0 Å². The van der Waals surface area contributed by atoms with Crippen LogP contribution >= 0.6 is 0 Å². The lowest BCUT2D eigenvalue weighted by atomic mass is 10.0. The van der Waals surface area contributed by atoms with Crippen LogP contribution in [0.4, 0.5) is 4.79 Å². The Bertz CT molecular complexity index is 334. The van der Waals surface area contributed by atoms with Gasteiger partial charge in [0.25, 0.3) is 0 Å². The largest absolute Gasteiger partial charge is 0.467 e. The number of methoxy groups -OCH3 is 1. The van der Waals surface area contributed by atoms with E-state index >= 15 is 0 Å². The highest BCUT2D eigenvalue weighted by Crippen LogP contribution is 2.31. The van der Waals surface area contributed by atoms with Crippen LogP contribution in [0.5, 0.6) is 0 Å². The third-order valence-electron chi connectivity index (χ3n) is 3.27. The van der Waals surface area contributed by atoms with Gasteiger partial charge in [-0.15, -0.1) is 0 Å². The number of carbonyl (C=O) groups is 2. The van der Waals surface area contributed by atoms with Crippen molar-refractivity contribution in [2.45, 2.75) is 58.7 Å². The van der Waals surface area contributed by atoms with Gasteiger partial charge in [0, 0.05) is 6.04 Å². The molecule has 18 heavy (non-hydrogen) atoms. The van der Waals surface area contributed by atoms with Crippen LogP contribution in [0.2, 0.25) is 0 Å². The van der Waals surface area contributed by atoms with Gasteiger partial charge in [-0.25, -0.2) is 9.59 Å². The van der Waals surface area contributed by atoms with Gasteiger partial charge in [-0.3, -0.25) is 4.90 Å². The average molecular weight is 257 g/mol. The third-order valence-corrected chi connectivity index (χ3v) is 3.27. The van der Waals surface area contributed by atoms with Gasteiger partial charge in [0.2, 0.25) is 0 Å². The molecule has 1 fully saturated rings. The van der Waals surface area contributed by atoms with E-state index in [1.165, 1.54) is 12.0 Å². The number of hydrogen-bond acceptors (Lipinski definition) is 4. The van der Waals surface area contributed by atoms with Crippen LogP contribution in [-0.2, 0) is 14.3 Å². The van der Waals surface area contributed by atoms with E-state index in [2.05, 4.69) is 0 Å². The first kappa shape index (κ1) is 14.8. The molecule has 0 aromatic rings. The van der Waals surface area contributed by atoms with E-state index in [4.69, 9.17) is 9.47 Å². The normalized spacial score (nSPS) is 28.1. The molecule has 1 rings (SSSR count). The van der Waals surface area contributed by atoms with Gasteiger partial charge in [0.15, 0.2) is 0 Å². The van der Waals surface area contributed by atoms with Crippen LogP contribution in [0, 0.1) is 5.92 Å². The second-order valence-corrected chi connectivity index (χ2v) is 5.88.